The highest BCUT2D eigenvalue weighted by molar-refractivity contribution is 7.10. The summed E-state index contributed by atoms with van der Waals surface area (Å²) >= 11 is 1.27. The van der Waals surface area contributed by atoms with Crippen molar-refractivity contribution in [2.75, 3.05) is 32.0 Å². The van der Waals surface area contributed by atoms with E-state index in [-0.39, 0.29) is 11.8 Å². The van der Waals surface area contributed by atoms with Crippen molar-refractivity contribution in [3.05, 3.63) is 11.3 Å². The molecule has 2 amide bonds. The molecule has 2 heterocycles. The number of nitrogens with one attached hydrogen (secondary N) is 2. The van der Waals surface area contributed by atoms with Crippen LogP contribution in [0.4, 0.5) is 5.00 Å². The molecule has 7 heteroatoms. The number of carbonyl (C=O) groups is 2. The van der Waals surface area contributed by atoms with E-state index in [2.05, 4.69) is 15.0 Å². The Bertz CT molecular complexity index is 495. The van der Waals surface area contributed by atoms with Gasteiger partial charge in [-0.2, -0.15) is 4.37 Å². The first-order valence-electron chi connectivity index (χ1n) is 6.83. The summed E-state index contributed by atoms with van der Waals surface area (Å²) in [6.07, 6.45) is 2.53. The lowest BCUT2D eigenvalue weighted by atomic mass is 10.2. The molecule has 110 valence electrons. The maximum absolute atomic E-state index is 12.1. The normalized spacial score (nSPS) is 14.4. The summed E-state index contributed by atoms with van der Waals surface area (Å²) in [6, 6.07) is 0. The molecule has 1 fully saturated rings. The van der Waals surface area contributed by atoms with E-state index in [1.54, 1.807) is 7.05 Å². The first-order valence-corrected chi connectivity index (χ1v) is 7.61. The Hall–Kier alpha value is -1.63. The van der Waals surface area contributed by atoms with E-state index in [4.69, 9.17) is 0 Å². The predicted octanol–water partition coefficient (Wildman–Crippen LogP) is 1.24. The quantitative estimate of drug-likeness (QED) is 0.857. The van der Waals surface area contributed by atoms with Gasteiger partial charge in [-0.3, -0.25) is 9.59 Å². The van der Waals surface area contributed by atoms with E-state index < -0.39 is 0 Å². The van der Waals surface area contributed by atoms with Crippen LogP contribution in [0.3, 0.4) is 0 Å². The van der Waals surface area contributed by atoms with E-state index >= 15 is 0 Å². The lowest BCUT2D eigenvalue weighted by molar-refractivity contribution is -0.129. The largest absolute Gasteiger partial charge is 0.378 e. The number of hydrogen-bond acceptors (Lipinski definition) is 5. The monoisotopic (exact) mass is 296 g/mol. The summed E-state index contributed by atoms with van der Waals surface area (Å²) < 4.78 is 4.16. The third-order valence-electron chi connectivity index (χ3n) is 3.40. The van der Waals surface area contributed by atoms with Gasteiger partial charge in [0.15, 0.2) is 0 Å². The minimum atomic E-state index is -0.171. The number of aryl methyl sites for hydroxylation is 1. The molecule has 2 rings (SSSR count). The third-order valence-corrected chi connectivity index (χ3v) is 4.36. The average Bonchev–Trinajstić information content (AvgIpc) is 3.07. The van der Waals surface area contributed by atoms with Crippen LogP contribution in [-0.2, 0) is 4.79 Å². The van der Waals surface area contributed by atoms with Gasteiger partial charge in [-0.05, 0) is 31.3 Å². The molecule has 0 aromatic carbocycles. The molecule has 1 aliphatic heterocycles. The molecule has 0 aliphatic carbocycles. The number of hydrogen-bond donors (Lipinski definition) is 2. The highest BCUT2D eigenvalue weighted by atomic mass is 32.1. The molecule has 1 aliphatic rings. The fraction of sp³-hybridized carbons (Fsp3) is 0.615. The average molecular weight is 296 g/mol. The number of aromatic nitrogens is 1. The molecule has 1 saturated heterocycles. The van der Waals surface area contributed by atoms with Crippen LogP contribution >= 0.6 is 11.5 Å². The smallest absolute Gasteiger partial charge is 0.256 e. The summed E-state index contributed by atoms with van der Waals surface area (Å²) in [7, 11) is 1.76. The van der Waals surface area contributed by atoms with Gasteiger partial charge in [-0.1, -0.05) is 0 Å². The zero-order valence-electron chi connectivity index (χ0n) is 11.9. The Balaban J connectivity index is 1.83. The van der Waals surface area contributed by atoms with E-state index in [0.717, 1.165) is 30.9 Å². The van der Waals surface area contributed by atoms with Crippen LogP contribution in [0.25, 0.3) is 0 Å². The molecule has 1 aromatic heterocycles. The second-order valence-electron chi connectivity index (χ2n) is 4.82. The molecule has 0 saturated carbocycles. The maximum Gasteiger partial charge on any atom is 0.256 e. The van der Waals surface area contributed by atoms with Crippen LogP contribution in [0.5, 0.6) is 0 Å². The number of nitrogens with zero attached hydrogens (tertiary/aromatic N) is 2. The van der Waals surface area contributed by atoms with Crippen molar-refractivity contribution < 1.29 is 9.59 Å². The molecule has 0 radical (unpaired) electrons. The summed E-state index contributed by atoms with van der Waals surface area (Å²) in [4.78, 5) is 25.8. The lowest BCUT2D eigenvalue weighted by Gasteiger charge is -2.15. The van der Waals surface area contributed by atoms with Crippen molar-refractivity contribution in [2.45, 2.75) is 26.2 Å². The Kier molecular flexibility index (Phi) is 4.94. The van der Waals surface area contributed by atoms with Crippen molar-refractivity contribution in [2.24, 2.45) is 0 Å². The Morgan fingerprint density at radius 3 is 2.70 bits per heavy atom. The highest BCUT2D eigenvalue weighted by Gasteiger charge is 2.19. The zero-order chi connectivity index (χ0) is 14.5. The van der Waals surface area contributed by atoms with Crippen LogP contribution in [0.15, 0.2) is 0 Å². The zero-order valence-corrected chi connectivity index (χ0v) is 12.7. The number of anilines is 1. The number of likely N-dealkylation sites (tertiary alicyclic amines) is 1. The number of carbonyl (C=O) groups excluding carboxylic acids is 2. The molecular formula is C13H20N4O2S. The fourth-order valence-electron chi connectivity index (χ4n) is 2.30. The maximum atomic E-state index is 12.1. The van der Waals surface area contributed by atoms with Crippen LogP contribution < -0.4 is 10.6 Å². The van der Waals surface area contributed by atoms with Crippen molar-refractivity contribution in [1.29, 1.82) is 0 Å². The van der Waals surface area contributed by atoms with E-state index in [0.29, 0.717) is 24.2 Å². The Morgan fingerprint density at radius 1 is 1.35 bits per heavy atom. The van der Waals surface area contributed by atoms with Gasteiger partial charge in [0.05, 0.1) is 11.3 Å². The summed E-state index contributed by atoms with van der Waals surface area (Å²) in [5.41, 5.74) is 1.29. The Labute approximate surface area is 122 Å². The second-order valence-corrected chi connectivity index (χ2v) is 5.59. The summed E-state index contributed by atoms with van der Waals surface area (Å²) in [6.45, 7) is 3.88. The molecule has 0 bridgehead atoms. The molecule has 6 nitrogen and oxygen atoms in total. The van der Waals surface area contributed by atoms with Crippen LogP contribution in [0.1, 0.15) is 35.3 Å². The highest BCUT2D eigenvalue weighted by Crippen LogP contribution is 2.23. The second kappa shape index (κ2) is 6.69. The SMILES string of the molecule is CNc1snc(C)c1C(=O)NCCC(=O)N1CCCC1. The first-order chi connectivity index (χ1) is 9.63. The molecule has 0 unspecified atom stereocenters. The van der Waals surface area contributed by atoms with Gasteiger partial charge < -0.3 is 15.5 Å². The molecule has 0 atom stereocenters. The summed E-state index contributed by atoms with van der Waals surface area (Å²) in [5, 5.41) is 6.51. The van der Waals surface area contributed by atoms with Crippen molar-refractivity contribution in [1.82, 2.24) is 14.6 Å². The van der Waals surface area contributed by atoms with Gasteiger partial charge in [-0.15, -0.1) is 0 Å². The van der Waals surface area contributed by atoms with Gasteiger partial charge in [0.25, 0.3) is 5.91 Å². The molecule has 2 N–H and O–H groups in total. The van der Waals surface area contributed by atoms with E-state index in [9.17, 15) is 9.59 Å². The molecule has 0 spiro atoms. The van der Waals surface area contributed by atoms with Gasteiger partial charge in [-0.25, -0.2) is 0 Å². The van der Waals surface area contributed by atoms with Crippen LogP contribution in [0.2, 0.25) is 0 Å². The molecule has 20 heavy (non-hydrogen) atoms. The third kappa shape index (κ3) is 3.27. The van der Waals surface area contributed by atoms with Gasteiger partial charge in [0.2, 0.25) is 5.91 Å². The van der Waals surface area contributed by atoms with E-state index in [1.165, 1.54) is 11.5 Å². The Morgan fingerprint density at radius 2 is 2.05 bits per heavy atom. The molecule has 1 aromatic rings. The first kappa shape index (κ1) is 14.8. The predicted molar refractivity (Wildman–Crippen MR) is 79.2 cm³/mol. The topological polar surface area (TPSA) is 74.3 Å². The van der Waals surface area contributed by atoms with Gasteiger partial charge in [0, 0.05) is 33.1 Å². The standard InChI is InChI=1S/C13H20N4O2S/c1-9-11(13(14-2)20-16-9)12(19)15-6-5-10(18)17-7-3-4-8-17/h14H,3-8H2,1-2H3,(H,15,19). The van der Waals surface area contributed by atoms with Crippen LogP contribution in [0, 0.1) is 6.92 Å². The molecular weight excluding hydrogens is 276 g/mol. The fourth-order valence-corrected chi connectivity index (χ4v) is 3.05. The van der Waals surface area contributed by atoms with Gasteiger partial charge >= 0.3 is 0 Å². The van der Waals surface area contributed by atoms with Gasteiger partial charge in [0.1, 0.15) is 5.00 Å². The summed E-state index contributed by atoms with van der Waals surface area (Å²) in [5.74, 6) is -0.0494. The van der Waals surface area contributed by atoms with Crippen molar-refractivity contribution >= 4 is 28.3 Å². The van der Waals surface area contributed by atoms with E-state index in [1.807, 2.05) is 11.8 Å². The van der Waals surface area contributed by atoms with Crippen molar-refractivity contribution in [3.8, 4) is 0 Å². The minimum Gasteiger partial charge on any atom is -0.378 e. The number of rotatable bonds is 5. The minimum absolute atomic E-state index is 0.122. The van der Waals surface area contributed by atoms with Crippen LogP contribution in [-0.4, -0.2) is 47.8 Å². The van der Waals surface area contributed by atoms with Crippen molar-refractivity contribution in [3.63, 3.8) is 0 Å². The number of amides is 2. The lowest BCUT2D eigenvalue weighted by Crippen LogP contribution is -2.32.